The number of nitrogens with zero attached hydrogens (tertiary/aromatic N) is 4. The molecule has 1 amide bonds. The number of ether oxygens (including phenoxy) is 2. The maximum absolute atomic E-state index is 13.6. The summed E-state index contributed by atoms with van der Waals surface area (Å²) in [7, 11) is 3.23. The van der Waals surface area contributed by atoms with Gasteiger partial charge in [-0.25, -0.2) is 9.97 Å². The van der Waals surface area contributed by atoms with Crippen LogP contribution in [0.15, 0.2) is 48.7 Å². The molecule has 0 spiro atoms. The van der Waals surface area contributed by atoms with Gasteiger partial charge in [-0.1, -0.05) is 6.07 Å². The van der Waals surface area contributed by atoms with Crippen LogP contribution >= 0.6 is 0 Å². The maximum atomic E-state index is 13.6. The Balaban J connectivity index is 1.57. The van der Waals surface area contributed by atoms with Crippen LogP contribution < -0.4 is 14.8 Å². The van der Waals surface area contributed by atoms with Crippen LogP contribution in [0, 0.1) is 6.92 Å². The predicted molar refractivity (Wildman–Crippen MR) is 129 cm³/mol. The van der Waals surface area contributed by atoms with Crippen LogP contribution in [-0.4, -0.2) is 39.9 Å². The number of nitrogens with one attached hydrogen (secondary N) is 1. The molecule has 8 nitrogen and oxygen atoms in total. The first-order chi connectivity index (χ1) is 16.5. The van der Waals surface area contributed by atoms with E-state index in [1.807, 2.05) is 56.3 Å². The van der Waals surface area contributed by atoms with Crippen molar-refractivity contribution in [3.8, 4) is 17.3 Å². The number of rotatable bonds is 7. The second-order valence-corrected chi connectivity index (χ2v) is 8.56. The number of methoxy groups -OCH3 is 2. The zero-order valence-corrected chi connectivity index (χ0v) is 19.7. The molecular weight excluding hydrogens is 430 g/mol. The molecule has 1 aromatic carbocycles. The van der Waals surface area contributed by atoms with Crippen molar-refractivity contribution in [2.75, 3.05) is 14.2 Å². The summed E-state index contributed by atoms with van der Waals surface area (Å²) in [6.07, 6.45) is 3.88. The zero-order chi connectivity index (χ0) is 23.8. The molecule has 3 aromatic heterocycles. The third-order valence-electron chi connectivity index (χ3n) is 6.19. The Bertz CT molecular complexity index is 1360. The van der Waals surface area contributed by atoms with Gasteiger partial charge in [-0.05, 0) is 63.1 Å². The second kappa shape index (κ2) is 8.78. The minimum Gasteiger partial charge on any atom is -0.497 e. The van der Waals surface area contributed by atoms with E-state index in [2.05, 4.69) is 15.4 Å². The van der Waals surface area contributed by atoms with E-state index in [1.165, 1.54) is 0 Å². The summed E-state index contributed by atoms with van der Waals surface area (Å²) < 4.78 is 12.6. The van der Waals surface area contributed by atoms with Gasteiger partial charge in [-0.3, -0.25) is 4.79 Å². The largest absolute Gasteiger partial charge is 0.497 e. The number of pyridine rings is 2. The molecule has 1 saturated carbocycles. The van der Waals surface area contributed by atoms with E-state index in [0.717, 1.165) is 35.2 Å². The summed E-state index contributed by atoms with van der Waals surface area (Å²) >= 11 is 0. The van der Waals surface area contributed by atoms with Gasteiger partial charge in [0, 0.05) is 23.4 Å². The Hall–Kier alpha value is -3.94. The fraction of sp³-hybridized carbons (Fsp3) is 0.308. The van der Waals surface area contributed by atoms with Crippen LogP contribution in [-0.2, 0) is 0 Å². The van der Waals surface area contributed by atoms with Gasteiger partial charge < -0.3 is 14.8 Å². The summed E-state index contributed by atoms with van der Waals surface area (Å²) in [5, 5.41) is 8.56. The Morgan fingerprint density at radius 1 is 1.15 bits per heavy atom. The highest BCUT2D eigenvalue weighted by Gasteiger charge is 2.29. The summed E-state index contributed by atoms with van der Waals surface area (Å²) in [6, 6.07) is 12.8. The van der Waals surface area contributed by atoms with Crippen molar-refractivity contribution in [2.24, 2.45) is 0 Å². The van der Waals surface area contributed by atoms with E-state index in [1.54, 1.807) is 25.1 Å². The number of hydrogen-bond donors (Lipinski definition) is 1. The first-order valence-corrected chi connectivity index (χ1v) is 11.3. The molecule has 0 bridgehead atoms. The first kappa shape index (κ1) is 21.9. The van der Waals surface area contributed by atoms with E-state index < -0.39 is 0 Å². The minimum absolute atomic E-state index is 0.185. The fourth-order valence-electron chi connectivity index (χ4n) is 4.24. The normalized spacial score (nSPS) is 14.1. The molecule has 1 aliphatic carbocycles. The average molecular weight is 458 g/mol. The van der Waals surface area contributed by atoms with E-state index >= 15 is 0 Å². The van der Waals surface area contributed by atoms with Gasteiger partial charge in [0.2, 0.25) is 0 Å². The zero-order valence-electron chi connectivity index (χ0n) is 19.7. The van der Waals surface area contributed by atoms with Crippen molar-refractivity contribution >= 4 is 16.9 Å². The highest BCUT2D eigenvalue weighted by molar-refractivity contribution is 6.07. The highest BCUT2D eigenvalue weighted by Crippen LogP contribution is 2.41. The highest BCUT2D eigenvalue weighted by atomic mass is 16.5. The van der Waals surface area contributed by atoms with Crippen molar-refractivity contribution in [2.45, 2.75) is 38.6 Å². The average Bonchev–Trinajstić information content (AvgIpc) is 3.67. The van der Waals surface area contributed by atoms with Crippen LogP contribution in [0.4, 0.5) is 0 Å². The summed E-state index contributed by atoms with van der Waals surface area (Å²) in [5.74, 6) is 2.24. The quantitative estimate of drug-likeness (QED) is 0.439. The van der Waals surface area contributed by atoms with Gasteiger partial charge in [-0.2, -0.15) is 9.78 Å². The van der Waals surface area contributed by atoms with Crippen molar-refractivity contribution in [1.29, 1.82) is 0 Å². The third kappa shape index (κ3) is 3.96. The SMILES string of the molecule is COc1ccc(OC)c(C(C)NC(=O)c2cc(C3CC3)nc3c2c(C)nn3-c2ccccn2)c1. The fourth-order valence-corrected chi connectivity index (χ4v) is 4.24. The Kier molecular flexibility index (Phi) is 5.65. The topological polar surface area (TPSA) is 91.2 Å². The molecule has 4 aromatic rings. The molecule has 8 heteroatoms. The minimum atomic E-state index is -0.309. The number of aryl methyl sites for hydroxylation is 1. The van der Waals surface area contributed by atoms with Crippen molar-refractivity contribution in [3.05, 3.63) is 71.2 Å². The summed E-state index contributed by atoms with van der Waals surface area (Å²) in [5.41, 5.74) is 3.70. The number of fused-ring (bicyclic) bond motifs is 1. The van der Waals surface area contributed by atoms with Crippen molar-refractivity contribution < 1.29 is 14.3 Å². The molecule has 1 N–H and O–H groups in total. The molecule has 0 radical (unpaired) electrons. The number of carbonyl (C=O) groups is 1. The van der Waals surface area contributed by atoms with Gasteiger partial charge in [0.1, 0.15) is 11.5 Å². The second-order valence-electron chi connectivity index (χ2n) is 8.56. The third-order valence-corrected chi connectivity index (χ3v) is 6.19. The van der Waals surface area contributed by atoms with Crippen LogP contribution in [0.5, 0.6) is 11.5 Å². The van der Waals surface area contributed by atoms with Crippen molar-refractivity contribution in [1.82, 2.24) is 25.1 Å². The molecule has 1 fully saturated rings. The lowest BCUT2D eigenvalue weighted by atomic mass is 10.0. The van der Waals surface area contributed by atoms with E-state index in [0.29, 0.717) is 34.4 Å². The van der Waals surface area contributed by atoms with Gasteiger partial charge in [0.05, 0.1) is 36.9 Å². The standard InChI is InChI=1S/C26H27N5O3/c1-15(19-13-18(33-3)10-11-22(19)34-4)28-26(32)20-14-21(17-8-9-17)29-25-24(20)16(2)30-31(25)23-7-5-6-12-27-23/h5-7,10-15,17H,8-9H2,1-4H3,(H,28,32). The first-order valence-electron chi connectivity index (χ1n) is 11.3. The Labute approximate surface area is 197 Å². The lowest BCUT2D eigenvalue weighted by molar-refractivity contribution is 0.0941. The van der Waals surface area contributed by atoms with E-state index in [9.17, 15) is 4.79 Å². The number of aromatic nitrogens is 4. The molecule has 5 rings (SSSR count). The lowest BCUT2D eigenvalue weighted by Crippen LogP contribution is -2.27. The summed E-state index contributed by atoms with van der Waals surface area (Å²) in [6.45, 7) is 3.82. The van der Waals surface area contributed by atoms with Crippen LogP contribution in [0.1, 0.15) is 59.0 Å². The Morgan fingerprint density at radius 3 is 2.65 bits per heavy atom. The van der Waals surface area contributed by atoms with Gasteiger partial charge in [0.15, 0.2) is 11.5 Å². The molecule has 1 unspecified atom stereocenters. The Morgan fingerprint density at radius 2 is 1.97 bits per heavy atom. The number of carbonyl (C=O) groups excluding carboxylic acids is 1. The lowest BCUT2D eigenvalue weighted by Gasteiger charge is -2.19. The molecule has 174 valence electrons. The van der Waals surface area contributed by atoms with Crippen LogP contribution in [0.25, 0.3) is 16.9 Å². The molecule has 34 heavy (non-hydrogen) atoms. The molecule has 3 heterocycles. The number of benzene rings is 1. The monoisotopic (exact) mass is 457 g/mol. The molecule has 0 saturated heterocycles. The van der Waals surface area contributed by atoms with Crippen molar-refractivity contribution in [3.63, 3.8) is 0 Å². The van der Waals surface area contributed by atoms with Crippen LogP contribution in [0.2, 0.25) is 0 Å². The molecule has 1 aliphatic rings. The van der Waals surface area contributed by atoms with E-state index in [4.69, 9.17) is 14.5 Å². The number of amides is 1. The number of hydrogen-bond acceptors (Lipinski definition) is 6. The van der Waals surface area contributed by atoms with Gasteiger partial charge in [0.25, 0.3) is 5.91 Å². The molecule has 0 aliphatic heterocycles. The maximum Gasteiger partial charge on any atom is 0.252 e. The van der Waals surface area contributed by atoms with E-state index in [-0.39, 0.29) is 11.9 Å². The van der Waals surface area contributed by atoms with Gasteiger partial charge >= 0.3 is 0 Å². The molecule has 1 atom stereocenters. The summed E-state index contributed by atoms with van der Waals surface area (Å²) in [4.78, 5) is 23.0. The van der Waals surface area contributed by atoms with Crippen LogP contribution in [0.3, 0.4) is 0 Å². The smallest absolute Gasteiger partial charge is 0.252 e. The molecular formula is C26H27N5O3. The predicted octanol–water partition coefficient (Wildman–Crippen LogP) is 4.51. The van der Waals surface area contributed by atoms with Gasteiger partial charge in [-0.15, -0.1) is 0 Å².